The minimum absolute atomic E-state index is 0.126. The Morgan fingerprint density at radius 3 is 2.77 bits per heavy atom. The van der Waals surface area contributed by atoms with Gasteiger partial charge in [-0.3, -0.25) is 9.36 Å². The SMILES string of the molecule is CCOC(=O)C1=C(C)N=c2sc(=Cc3ccc(C)c(OC)c3)c(=O)n2C1c1ccc2c(c1)OCO2. The van der Waals surface area contributed by atoms with Crippen molar-refractivity contribution in [2.45, 2.75) is 26.8 Å². The van der Waals surface area contributed by atoms with E-state index >= 15 is 0 Å². The van der Waals surface area contributed by atoms with Crippen molar-refractivity contribution in [1.82, 2.24) is 4.57 Å². The van der Waals surface area contributed by atoms with Crippen LogP contribution in [0.25, 0.3) is 6.08 Å². The highest BCUT2D eigenvalue weighted by Gasteiger charge is 2.34. The summed E-state index contributed by atoms with van der Waals surface area (Å²) >= 11 is 1.27. The van der Waals surface area contributed by atoms with Crippen molar-refractivity contribution < 1.29 is 23.7 Å². The van der Waals surface area contributed by atoms with Gasteiger partial charge in [-0.05, 0) is 61.7 Å². The Labute approximate surface area is 205 Å². The van der Waals surface area contributed by atoms with Crippen LogP contribution >= 0.6 is 11.3 Å². The lowest BCUT2D eigenvalue weighted by atomic mass is 9.95. The molecule has 1 atom stereocenters. The van der Waals surface area contributed by atoms with E-state index in [-0.39, 0.29) is 19.0 Å². The summed E-state index contributed by atoms with van der Waals surface area (Å²) in [6.07, 6.45) is 1.81. The molecular formula is C26H24N2O6S. The Kier molecular flexibility index (Phi) is 5.94. The first kappa shape index (κ1) is 22.9. The van der Waals surface area contributed by atoms with Gasteiger partial charge < -0.3 is 18.9 Å². The molecule has 0 bridgehead atoms. The maximum absolute atomic E-state index is 13.7. The third kappa shape index (κ3) is 4.01. The van der Waals surface area contributed by atoms with E-state index in [0.29, 0.717) is 37.7 Å². The third-order valence-corrected chi connectivity index (χ3v) is 6.94. The standard InChI is InChI=1S/C26H24N2O6S/c1-5-32-25(30)22-15(3)27-26-28(23(22)17-8-9-18-20(12-17)34-13-33-18)24(29)21(35-26)11-16-7-6-14(2)19(10-16)31-4/h6-12,23H,5,13H2,1-4H3. The molecule has 0 saturated heterocycles. The number of carbonyl (C=O) groups excluding carboxylic acids is 1. The van der Waals surface area contributed by atoms with E-state index in [4.69, 9.17) is 18.9 Å². The first-order valence-electron chi connectivity index (χ1n) is 11.1. The molecule has 0 spiro atoms. The first-order chi connectivity index (χ1) is 16.9. The van der Waals surface area contributed by atoms with Crippen molar-refractivity contribution in [2.75, 3.05) is 20.5 Å². The fraction of sp³-hybridized carbons (Fsp3) is 0.269. The third-order valence-electron chi connectivity index (χ3n) is 5.96. The molecule has 0 fully saturated rings. The van der Waals surface area contributed by atoms with Crippen LogP contribution in [0.1, 0.15) is 36.6 Å². The molecule has 3 aromatic rings. The molecule has 0 N–H and O–H groups in total. The summed E-state index contributed by atoms with van der Waals surface area (Å²) in [5.41, 5.74) is 3.13. The minimum atomic E-state index is -0.713. The van der Waals surface area contributed by atoms with Gasteiger partial charge in [0.25, 0.3) is 5.56 Å². The molecule has 0 amide bonds. The summed E-state index contributed by atoms with van der Waals surface area (Å²) in [7, 11) is 1.62. The second-order valence-electron chi connectivity index (χ2n) is 8.14. The molecule has 0 radical (unpaired) electrons. The normalized spacial score (nSPS) is 16.7. The highest BCUT2D eigenvalue weighted by Crippen LogP contribution is 2.38. The molecule has 180 valence electrons. The van der Waals surface area contributed by atoms with Crippen molar-refractivity contribution in [3.05, 3.63) is 84.0 Å². The summed E-state index contributed by atoms with van der Waals surface area (Å²) in [5.74, 6) is 1.42. The Hall–Kier alpha value is -3.85. The number of hydrogen-bond donors (Lipinski definition) is 0. The van der Waals surface area contributed by atoms with Crippen molar-refractivity contribution >= 4 is 23.4 Å². The number of hydrogen-bond acceptors (Lipinski definition) is 8. The molecule has 9 heteroatoms. The minimum Gasteiger partial charge on any atom is -0.496 e. The lowest BCUT2D eigenvalue weighted by Gasteiger charge is -2.24. The van der Waals surface area contributed by atoms with Gasteiger partial charge in [-0.15, -0.1) is 0 Å². The average molecular weight is 493 g/mol. The smallest absolute Gasteiger partial charge is 0.338 e. The van der Waals surface area contributed by atoms with Gasteiger partial charge in [0.05, 0.1) is 35.6 Å². The number of aryl methyl sites for hydroxylation is 1. The maximum atomic E-state index is 13.7. The highest BCUT2D eigenvalue weighted by atomic mass is 32.1. The van der Waals surface area contributed by atoms with Crippen molar-refractivity contribution in [3.8, 4) is 17.2 Å². The molecule has 2 aromatic carbocycles. The molecule has 2 aliphatic heterocycles. The Morgan fingerprint density at radius 2 is 2.00 bits per heavy atom. The van der Waals surface area contributed by atoms with Crippen molar-refractivity contribution in [2.24, 2.45) is 4.99 Å². The van der Waals surface area contributed by atoms with Crippen LogP contribution in [0.5, 0.6) is 17.2 Å². The van der Waals surface area contributed by atoms with E-state index in [2.05, 4.69) is 4.99 Å². The largest absolute Gasteiger partial charge is 0.496 e. The summed E-state index contributed by atoms with van der Waals surface area (Å²) in [4.78, 5) is 31.8. The molecule has 1 aromatic heterocycles. The first-order valence-corrected chi connectivity index (χ1v) is 12.0. The van der Waals surface area contributed by atoms with Crippen LogP contribution in [0, 0.1) is 6.92 Å². The van der Waals surface area contributed by atoms with Crippen molar-refractivity contribution in [1.29, 1.82) is 0 Å². The van der Waals surface area contributed by atoms with Gasteiger partial charge in [0.2, 0.25) is 6.79 Å². The number of methoxy groups -OCH3 is 1. The summed E-state index contributed by atoms with van der Waals surface area (Å²) in [6, 6.07) is 10.5. The zero-order valence-corrected chi connectivity index (χ0v) is 20.6. The number of nitrogens with zero attached hydrogens (tertiary/aromatic N) is 2. The quantitative estimate of drug-likeness (QED) is 0.509. The van der Waals surface area contributed by atoms with Gasteiger partial charge in [-0.25, -0.2) is 9.79 Å². The van der Waals surface area contributed by atoms with E-state index < -0.39 is 12.0 Å². The van der Waals surface area contributed by atoms with Crippen molar-refractivity contribution in [3.63, 3.8) is 0 Å². The van der Waals surface area contributed by atoms with E-state index in [1.165, 1.54) is 11.3 Å². The molecular weight excluding hydrogens is 468 g/mol. The monoisotopic (exact) mass is 492 g/mol. The fourth-order valence-electron chi connectivity index (χ4n) is 4.27. The van der Waals surface area contributed by atoms with Crippen LogP contribution in [0.15, 0.2) is 57.5 Å². The van der Waals surface area contributed by atoms with Gasteiger partial charge in [-0.2, -0.15) is 0 Å². The zero-order valence-electron chi connectivity index (χ0n) is 19.8. The van der Waals surface area contributed by atoms with Crippen LogP contribution in [0.4, 0.5) is 0 Å². The molecule has 2 aliphatic rings. The summed E-state index contributed by atoms with van der Waals surface area (Å²) in [6.45, 7) is 5.80. The molecule has 3 heterocycles. The predicted molar refractivity (Wildman–Crippen MR) is 131 cm³/mol. The molecule has 5 rings (SSSR count). The fourth-order valence-corrected chi connectivity index (χ4v) is 5.31. The number of esters is 1. The topological polar surface area (TPSA) is 88.4 Å². The summed E-state index contributed by atoms with van der Waals surface area (Å²) < 4.78 is 23.8. The second-order valence-corrected chi connectivity index (χ2v) is 9.15. The van der Waals surface area contributed by atoms with E-state index in [1.54, 1.807) is 37.7 Å². The number of fused-ring (bicyclic) bond motifs is 2. The van der Waals surface area contributed by atoms with E-state index in [9.17, 15) is 9.59 Å². The second kappa shape index (κ2) is 9.07. The highest BCUT2D eigenvalue weighted by molar-refractivity contribution is 7.07. The van der Waals surface area contributed by atoms with Gasteiger partial charge in [-0.1, -0.05) is 29.5 Å². The van der Waals surface area contributed by atoms with Gasteiger partial charge in [0.15, 0.2) is 16.3 Å². The number of rotatable bonds is 5. The molecule has 1 unspecified atom stereocenters. The molecule has 0 aliphatic carbocycles. The predicted octanol–water partition coefficient (Wildman–Crippen LogP) is 2.84. The Balaban J connectivity index is 1.71. The average Bonchev–Trinajstić information content (AvgIpc) is 3.43. The number of allylic oxidation sites excluding steroid dienone is 1. The number of benzene rings is 2. The van der Waals surface area contributed by atoms with Crippen LogP contribution in [-0.2, 0) is 9.53 Å². The summed E-state index contributed by atoms with van der Waals surface area (Å²) in [5, 5.41) is 0. The number of carbonyl (C=O) groups is 1. The van der Waals surface area contributed by atoms with E-state index in [0.717, 1.165) is 16.9 Å². The molecule has 8 nitrogen and oxygen atoms in total. The lowest BCUT2D eigenvalue weighted by molar-refractivity contribution is -0.139. The number of thiazole rings is 1. The van der Waals surface area contributed by atoms with Crippen LogP contribution < -0.4 is 29.1 Å². The Bertz CT molecular complexity index is 1550. The van der Waals surface area contributed by atoms with Gasteiger partial charge in [0, 0.05) is 0 Å². The van der Waals surface area contributed by atoms with Gasteiger partial charge in [0.1, 0.15) is 5.75 Å². The number of aromatic nitrogens is 1. The van der Waals surface area contributed by atoms with E-state index in [1.807, 2.05) is 37.3 Å². The Morgan fingerprint density at radius 1 is 1.20 bits per heavy atom. The maximum Gasteiger partial charge on any atom is 0.338 e. The number of ether oxygens (including phenoxy) is 4. The molecule has 35 heavy (non-hydrogen) atoms. The van der Waals surface area contributed by atoms with Crippen LogP contribution in [-0.4, -0.2) is 31.0 Å². The molecule has 0 saturated carbocycles. The van der Waals surface area contributed by atoms with Crippen LogP contribution in [0.2, 0.25) is 0 Å². The zero-order chi connectivity index (χ0) is 24.7. The van der Waals surface area contributed by atoms with Crippen LogP contribution in [0.3, 0.4) is 0 Å². The lowest BCUT2D eigenvalue weighted by Crippen LogP contribution is -2.39. The van der Waals surface area contributed by atoms with Gasteiger partial charge >= 0.3 is 5.97 Å².